The zero-order valence-corrected chi connectivity index (χ0v) is 18.8. The predicted molar refractivity (Wildman–Crippen MR) is 120 cm³/mol. The fourth-order valence-electron chi connectivity index (χ4n) is 4.14. The van der Waals surface area contributed by atoms with Gasteiger partial charge >= 0.3 is 0 Å². The highest BCUT2D eigenvalue weighted by molar-refractivity contribution is 5.85. The maximum Gasteiger partial charge on any atom is 0.247 e. The maximum absolute atomic E-state index is 11.3. The van der Waals surface area contributed by atoms with Crippen LogP contribution in [0, 0.1) is 12.3 Å². The lowest BCUT2D eigenvalue weighted by Gasteiger charge is -2.38. The van der Waals surface area contributed by atoms with E-state index in [-0.39, 0.29) is 28.9 Å². The quantitative estimate of drug-likeness (QED) is 0.699. The summed E-state index contributed by atoms with van der Waals surface area (Å²) in [6.07, 6.45) is 6.98. The third-order valence-corrected chi connectivity index (χ3v) is 6.25. The van der Waals surface area contributed by atoms with E-state index >= 15 is 0 Å². The first-order chi connectivity index (χ1) is 13.3. The summed E-state index contributed by atoms with van der Waals surface area (Å²) < 4.78 is 5.91. The standard InChI is InChI=1S/C23H33N3O2.ClH/c1-5-28-17-23(11-10-19-7-9-21(27)25-14-19)12-13-26(16-23)22(3,4)20-8-6-18(2)24-15-20;/h6-9,14-15H,5,10-13,16-17H2,1-4H3,(H,25,27);1H/t23-;/m0./s1. The van der Waals surface area contributed by atoms with Crippen molar-refractivity contribution in [3.63, 3.8) is 0 Å². The molecule has 29 heavy (non-hydrogen) atoms. The molecule has 1 aliphatic heterocycles. The van der Waals surface area contributed by atoms with Gasteiger partial charge in [0.1, 0.15) is 0 Å². The molecule has 0 amide bonds. The Hall–Kier alpha value is -1.69. The van der Waals surface area contributed by atoms with Crippen LogP contribution in [-0.2, 0) is 16.7 Å². The van der Waals surface area contributed by atoms with E-state index in [4.69, 9.17) is 4.74 Å². The number of hydrogen-bond donors (Lipinski definition) is 1. The lowest BCUT2D eigenvalue weighted by Crippen LogP contribution is -2.42. The number of hydrogen-bond acceptors (Lipinski definition) is 4. The average Bonchev–Trinajstić information content (AvgIpc) is 3.12. The van der Waals surface area contributed by atoms with Crippen LogP contribution >= 0.6 is 12.4 Å². The van der Waals surface area contributed by atoms with Crippen molar-refractivity contribution in [3.05, 3.63) is 63.8 Å². The van der Waals surface area contributed by atoms with E-state index in [1.54, 1.807) is 6.07 Å². The molecule has 3 rings (SSSR count). The van der Waals surface area contributed by atoms with Gasteiger partial charge in [-0.3, -0.25) is 14.7 Å². The number of pyridine rings is 2. The fourth-order valence-corrected chi connectivity index (χ4v) is 4.14. The third kappa shape index (κ3) is 5.68. The molecule has 5 nitrogen and oxygen atoms in total. The van der Waals surface area contributed by atoms with Gasteiger partial charge in [-0.1, -0.05) is 12.1 Å². The van der Waals surface area contributed by atoms with Gasteiger partial charge in [0, 0.05) is 48.3 Å². The van der Waals surface area contributed by atoms with E-state index in [0.717, 1.165) is 51.3 Å². The fraction of sp³-hybridized carbons (Fsp3) is 0.565. The van der Waals surface area contributed by atoms with Crippen molar-refractivity contribution in [1.29, 1.82) is 0 Å². The molecule has 0 aliphatic carbocycles. The van der Waals surface area contributed by atoms with E-state index in [9.17, 15) is 4.79 Å². The molecule has 160 valence electrons. The minimum Gasteiger partial charge on any atom is -0.381 e. The average molecular weight is 420 g/mol. The Balaban J connectivity index is 0.00000300. The summed E-state index contributed by atoms with van der Waals surface area (Å²) in [6, 6.07) is 7.84. The molecule has 1 aliphatic rings. The number of nitrogens with zero attached hydrogens (tertiary/aromatic N) is 2. The number of likely N-dealkylation sites (tertiary alicyclic amines) is 1. The van der Waals surface area contributed by atoms with Gasteiger partial charge in [-0.05, 0) is 70.7 Å². The second-order valence-electron chi connectivity index (χ2n) is 8.62. The van der Waals surface area contributed by atoms with Crippen LogP contribution in [0.1, 0.15) is 50.4 Å². The molecular formula is C23H34ClN3O2. The van der Waals surface area contributed by atoms with Gasteiger partial charge in [-0.25, -0.2) is 0 Å². The Morgan fingerprint density at radius 3 is 2.69 bits per heavy atom. The largest absolute Gasteiger partial charge is 0.381 e. The monoisotopic (exact) mass is 419 g/mol. The van der Waals surface area contributed by atoms with E-state index in [0.29, 0.717) is 0 Å². The summed E-state index contributed by atoms with van der Waals surface area (Å²) in [5, 5.41) is 0. The zero-order chi connectivity index (χ0) is 20.2. The molecule has 0 unspecified atom stereocenters. The number of rotatable bonds is 8. The smallest absolute Gasteiger partial charge is 0.247 e. The van der Waals surface area contributed by atoms with Crippen molar-refractivity contribution >= 4 is 12.4 Å². The van der Waals surface area contributed by atoms with Crippen LogP contribution in [0.3, 0.4) is 0 Å². The highest BCUT2D eigenvalue weighted by Gasteiger charge is 2.43. The second kappa shape index (κ2) is 9.88. The molecule has 3 heterocycles. The molecule has 0 bridgehead atoms. The Bertz CT molecular complexity index is 814. The molecule has 0 aromatic carbocycles. The maximum atomic E-state index is 11.3. The van der Waals surface area contributed by atoms with Crippen LogP contribution in [0.2, 0.25) is 0 Å². The van der Waals surface area contributed by atoms with Crippen molar-refractivity contribution < 1.29 is 4.74 Å². The van der Waals surface area contributed by atoms with Crippen LogP contribution in [-0.4, -0.2) is 41.2 Å². The van der Waals surface area contributed by atoms with Crippen LogP contribution in [0.15, 0.2) is 41.5 Å². The van der Waals surface area contributed by atoms with E-state index < -0.39 is 0 Å². The summed E-state index contributed by atoms with van der Waals surface area (Å²) in [4.78, 5) is 21.2. The van der Waals surface area contributed by atoms with Gasteiger partial charge in [0.05, 0.1) is 6.61 Å². The molecule has 0 radical (unpaired) electrons. The van der Waals surface area contributed by atoms with E-state index in [1.807, 2.05) is 25.4 Å². The van der Waals surface area contributed by atoms with Gasteiger partial charge in [-0.2, -0.15) is 0 Å². The Morgan fingerprint density at radius 1 is 1.28 bits per heavy atom. The summed E-state index contributed by atoms with van der Waals surface area (Å²) in [5.41, 5.74) is 3.51. The summed E-state index contributed by atoms with van der Waals surface area (Å²) in [6.45, 7) is 12.3. The number of aromatic nitrogens is 2. The summed E-state index contributed by atoms with van der Waals surface area (Å²) >= 11 is 0. The molecule has 0 saturated carbocycles. The first-order valence-corrected chi connectivity index (χ1v) is 10.3. The van der Waals surface area contributed by atoms with E-state index in [1.165, 1.54) is 11.1 Å². The van der Waals surface area contributed by atoms with Crippen molar-refractivity contribution in [2.24, 2.45) is 5.41 Å². The zero-order valence-electron chi connectivity index (χ0n) is 18.0. The minimum absolute atomic E-state index is 0. The Morgan fingerprint density at radius 2 is 2.07 bits per heavy atom. The summed E-state index contributed by atoms with van der Waals surface area (Å²) in [5.74, 6) is 0. The van der Waals surface area contributed by atoms with Crippen LogP contribution in [0.5, 0.6) is 0 Å². The number of ether oxygens (including phenoxy) is 1. The van der Waals surface area contributed by atoms with Crippen molar-refractivity contribution in [2.75, 3.05) is 26.3 Å². The topological polar surface area (TPSA) is 58.2 Å². The molecule has 1 fully saturated rings. The molecule has 1 N–H and O–H groups in total. The van der Waals surface area contributed by atoms with Crippen LogP contribution in [0.25, 0.3) is 0 Å². The number of halogens is 1. The normalized spacial score (nSPS) is 19.9. The van der Waals surface area contributed by atoms with Crippen molar-refractivity contribution in [3.8, 4) is 0 Å². The minimum atomic E-state index is -0.0628. The Labute approximate surface area is 180 Å². The molecule has 1 atom stereocenters. The van der Waals surface area contributed by atoms with Crippen molar-refractivity contribution in [2.45, 2.75) is 52.5 Å². The second-order valence-corrected chi connectivity index (χ2v) is 8.62. The highest BCUT2D eigenvalue weighted by atomic mass is 35.5. The number of nitrogens with one attached hydrogen (secondary N) is 1. The van der Waals surface area contributed by atoms with Gasteiger partial charge in [0.25, 0.3) is 0 Å². The number of H-pyrrole nitrogens is 1. The molecule has 1 saturated heterocycles. The lowest BCUT2D eigenvalue weighted by molar-refractivity contribution is 0.0384. The molecule has 6 heteroatoms. The lowest BCUT2D eigenvalue weighted by atomic mass is 9.82. The van der Waals surface area contributed by atoms with Gasteiger partial charge < -0.3 is 9.72 Å². The highest BCUT2D eigenvalue weighted by Crippen LogP contribution is 2.41. The van der Waals surface area contributed by atoms with Crippen LogP contribution in [0.4, 0.5) is 0 Å². The van der Waals surface area contributed by atoms with Gasteiger partial charge in [0.15, 0.2) is 0 Å². The Kier molecular flexibility index (Phi) is 8.03. The SMILES string of the molecule is CCOC[C@@]1(CCc2ccc(=O)[nH]c2)CCN(C(C)(C)c2ccc(C)nc2)C1.Cl. The molecular weight excluding hydrogens is 386 g/mol. The third-order valence-electron chi connectivity index (χ3n) is 6.25. The van der Waals surface area contributed by atoms with Crippen LogP contribution < -0.4 is 5.56 Å². The first kappa shape index (κ1) is 23.6. The molecule has 2 aromatic heterocycles. The van der Waals surface area contributed by atoms with Gasteiger partial charge in [0.2, 0.25) is 5.56 Å². The molecule has 2 aromatic rings. The first-order valence-electron chi connectivity index (χ1n) is 10.3. The predicted octanol–water partition coefficient (Wildman–Crippen LogP) is 4.10. The van der Waals surface area contributed by atoms with Crippen molar-refractivity contribution in [1.82, 2.24) is 14.9 Å². The summed E-state index contributed by atoms with van der Waals surface area (Å²) in [7, 11) is 0. The molecule has 0 spiro atoms. The number of aryl methyl sites for hydroxylation is 2. The number of aromatic amines is 1. The van der Waals surface area contributed by atoms with Gasteiger partial charge in [-0.15, -0.1) is 12.4 Å². The van der Waals surface area contributed by atoms with E-state index in [2.05, 4.69) is 47.8 Å².